The summed E-state index contributed by atoms with van der Waals surface area (Å²) in [5.41, 5.74) is -0.668. The lowest BCUT2D eigenvalue weighted by atomic mass is 9.95. The van der Waals surface area contributed by atoms with Crippen molar-refractivity contribution in [3.05, 3.63) is 12.2 Å². The molecule has 0 bridgehead atoms. The van der Waals surface area contributed by atoms with Gasteiger partial charge in [-0.25, -0.2) is 4.79 Å². The van der Waals surface area contributed by atoms with Gasteiger partial charge in [-0.1, -0.05) is 13.5 Å². The lowest BCUT2D eigenvalue weighted by Crippen LogP contribution is -2.38. The van der Waals surface area contributed by atoms with E-state index in [-0.39, 0.29) is 0 Å². The molecule has 0 radical (unpaired) electrons. The molecular weight excluding hydrogens is 223 g/mol. The van der Waals surface area contributed by atoms with Crippen molar-refractivity contribution in [2.75, 3.05) is 0 Å². The van der Waals surface area contributed by atoms with Gasteiger partial charge in [-0.05, 0) is 5.92 Å². The van der Waals surface area contributed by atoms with Crippen LogP contribution in [0.25, 0.3) is 0 Å². The molecule has 1 atom stereocenters. The summed E-state index contributed by atoms with van der Waals surface area (Å²) in [5, 5.41) is 8.33. The number of alkyl halides is 5. The zero-order valence-electron chi connectivity index (χ0n) is 7.74. The van der Waals surface area contributed by atoms with Gasteiger partial charge < -0.3 is 5.11 Å². The maximum atomic E-state index is 12.4. The molecule has 0 fully saturated rings. The summed E-state index contributed by atoms with van der Waals surface area (Å²) in [6, 6.07) is 0. The van der Waals surface area contributed by atoms with Crippen LogP contribution in [0.15, 0.2) is 12.2 Å². The molecule has 0 rings (SSSR count). The first kappa shape index (κ1) is 13.9. The number of carbonyl (C=O) groups is 1. The monoisotopic (exact) mass is 232 g/mol. The number of hydrogen-bond acceptors (Lipinski definition) is 1. The predicted molar refractivity (Wildman–Crippen MR) is 41.6 cm³/mol. The first-order valence-corrected chi connectivity index (χ1v) is 3.85. The van der Waals surface area contributed by atoms with Crippen LogP contribution in [0.2, 0.25) is 0 Å². The molecule has 0 saturated heterocycles. The van der Waals surface area contributed by atoms with E-state index in [1.807, 2.05) is 0 Å². The number of rotatable bonds is 4. The van der Waals surface area contributed by atoms with Crippen molar-refractivity contribution in [2.24, 2.45) is 5.92 Å². The topological polar surface area (TPSA) is 37.3 Å². The van der Waals surface area contributed by atoms with Crippen LogP contribution in [-0.4, -0.2) is 23.2 Å². The summed E-state index contributed by atoms with van der Waals surface area (Å²) in [6.45, 7) is 3.87. The van der Waals surface area contributed by atoms with Gasteiger partial charge in [0.1, 0.15) is 0 Å². The van der Waals surface area contributed by atoms with Gasteiger partial charge in [0.25, 0.3) is 0 Å². The number of carboxylic acids is 1. The van der Waals surface area contributed by atoms with Gasteiger partial charge in [-0.2, -0.15) is 22.0 Å². The molecule has 0 heterocycles. The van der Waals surface area contributed by atoms with E-state index in [0.29, 0.717) is 0 Å². The molecule has 0 aliphatic carbocycles. The molecule has 0 aromatic rings. The van der Waals surface area contributed by atoms with Gasteiger partial charge in [-0.15, -0.1) is 0 Å². The van der Waals surface area contributed by atoms with Crippen molar-refractivity contribution >= 4 is 5.97 Å². The Hall–Kier alpha value is -1.14. The van der Waals surface area contributed by atoms with E-state index in [2.05, 4.69) is 6.58 Å². The second-order valence-corrected chi connectivity index (χ2v) is 3.14. The second-order valence-electron chi connectivity index (χ2n) is 3.14. The summed E-state index contributed by atoms with van der Waals surface area (Å²) in [7, 11) is 0. The highest BCUT2D eigenvalue weighted by molar-refractivity contribution is 5.86. The minimum Gasteiger partial charge on any atom is -0.478 e. The fourth-order valence-electron chi connectivity index (χ4n) is 0.834. The van der Waals surface area contributed by atoms with Crippen molar-refractivity contribution in [3.63, 3.8) is 0 Å². The molecular formula is C8H9F5O2. The van der Waals surface area contributed by atoms with Gasteiger partial charge in [0, 0.05) is 12.0 Å². The standard InChI is InChI=1S/C8H9F5O2/c1-4(5(2)6(14)15)3-7(9,10)8(11,12)13/h4H,2-3H2,1H3,(H,14,15). The highest BCUT2D eigenvalue weighted by Gasteiger charge is 2.57. The number of hydrogen-bond donors (Lipinski definition) is 1. The second kappa shape index (κ2) is 4.16. The van der Waals surface area contributed by atoms with E-state index >= 15 is 0 Å². The van der Waals surface area contributed by atoms with Crippen LogP contribution in [0.5, 0.6) is 0 Å². The van der Waals surface area contributed by atoms with Crippen LogP contribution in [-0.2, 0) is 4.79 Å². The quantitative estimate of drug-likeness (QED) is 0.597. The van der Waals surface area contributed by atoms with E-state index in [1.165, 1.54) is 0 Å². The predicted octanol–water partition coefficient (Wildman–Crippen LogP) is 2.85. The molecule has 0 amide bonds. The van der Waals surface area contributed by atoms with Crippen molar-refractivity contribution in [1.82, 2.24) is 0 Å². The Morgan fingerprint density at radius 2 is 1.73 bits per heavy atom. The molecule has 0 aromatic carbocycles. The normalized spacial score (nSPS) is 14.8. The Labute approximate surface area is 82.4 Å². The van der Waals surface area contributed by atoms with Gasteiger partial charge >= 0.3 is 18.1 Å². The molecule has 0 aromatic heterocycles. The molecule has 0 aliphatic rings. The maximum Gasteiger partial charge on any atom is 0.453 e. The lowest BCUT2D eigenvalue weighted by molar-refractivity contribution is -0.286. The van der Waals surface area contributed by atoms with Crippen molar-refractivity contribution in [1.29, 1.82) is 0 Å². The van der Waals surface area contributed by atoms with Gasteiger partial charge in [-0.3, -0.25) is 0 Å². The average Bonchev–Trinajstić information content (AvgIpc) is 1.99. The van der Waals surface area contributed by atoms with Crippen LogP contribution >= 0.6 is 0 Å². The van der Waals surface area contributed by atoms with Gasteiger partial charge in [0.2, 0.25) is 0 Å². The Morgan fingerprint density at radius 3 is 2.00 bits per heavy atom. The highest BCUT2D eigenvalue weighted by Crippen LogP contribution is 2.41. The summed E-state index contributed by atoms with van der Waals surface area (Å²) in [6.07, 6.45) is -7.28. The number of halogens is 5. The van der Waals surface area contributed by atoms with E-state index in [9.17, 15) is 26.7 Å². The summed E-state index contributed by atoms with van der Waals surface area (Å²) in [4.78, 5) is 10.3. The summed E-state index contributed by atoms with van der Waals surface area (Å²) < 4.78 is 60.1. The third kappa shape index (κ3) is 3.49. The van der Waals surface area contributed by atoms with Crippen LogP contribution in [0.4, 0.5) is 22.0 Å². The van der Waals surface area contributed by atoms with Crippen molar-refractivity contribution in [3.8, 4) is 0 Å². The summed E-state index contributed by atoms with van der Waals surface area (Å²) >= 11 is 0. The number of carboxylic acid groups (broad SMARTS) is 1. The molecule has 0 saturated carbocycles. The Morgan fingerprint density at radius 1 is 1.33 bits per heavy atom. The van der Waals surface area contributed by atoms with Crippen LogP contribution < -0.4 is 0 Å². The van der Waals surface area contributed by atoms with Crippen LogP contribution in [0.3, 0.4) is 0 Å². The highest BCUT2D eigenvalue weighted by atomic mass is 19.4. The van der Waals surface area contributed by atoms with Crippen molar-refractivity contribution < 1.29 is 31.9 Å². The zero-order chi connectivity index (χ0) is 12.4. The Balaban J connectivity index is 4.61. The van der Waals surface area contributed by atoms with E-state index < -0.39 is 36.0 Å². The molecule has 15 heavy (non-hydrogen) atoms. The average molecular weight is 232 g/mol. The largest absolute Gasteiger partial charge is 0.478 e. The molecule has 1 N–H and O–H groups in total. The molecule has 0 aliphatic heterocycles. The van der Waals surface area contributed by atoms with Crippen LogP contribution in [0.1, 0.15) is 13.3 Å². The first-order chi connectivity index (χ1) is 6.49. The third-order valence-electron chi connectivity index (χ3n) is 1.85. The minimum absolute atomic E-state index is 0.668. The molecule has 7 heteroatoms. The van der Waals surface area contributed by atoms with Gasteiger partial charge in [0.15, 0.2) is 0 Å². The Bertz CT molecular complexity index is 269. The first-order valence-electron chi connectivity index (χ1n) is 3.85. The zero-order valence-corrected chi connectivity index (χ0v) is 7.74. The Kier molecular flexibility index (Phi) is 3.84. The van der Waals surface area contributed by atoms with E-state index in [4.69, 9.17) is 5.11 Å². The molecule has 2 nitrogen and oxygen atoms in total. The smallest absolute Gasteiger partial charge is 0.453 e. The maximum absolute atomic E-state index is 12.4. The molecule has 88 valence electrons. The fourth-order valence-corrected chi connectivity index (χ4v) is 0.834. The SMILES string of the molecule is C=C(C(=O)O)C(C)CC(F)(F)C(F)(F)F. The van der Waals surface area contributed by atoms with Gasteiger partial charge in [0.05, 0.1) is 0 Å². The van der Waals surface area contributed by atoms with Crippen molar-refractivity contribution in [2.45, 2.75) is 25.4 Å². The van der Waals surface area contributed by atoms with E-state index in [1.54, 1.807) is 0 Å². The molecule has 0 spiro atoms. The number of aliphatic carboxylic acids is 1. The lowest BCUT2D eigenvalue weighted by Gasteiger charge is -2.22. The minimum atomic E-state index is -5.67. The van der Waals surface area contributed by atoms with E-state index in [0.717, 1.165) is 6.92 Å². The summed E-state index contributed by atoms with van der Waals surface area (Å²) in [5.74, 6) is -7.93. The van der Waals surface area contributed by atoms with Crippen LogP contribution in [0, 0.1) is 5.92 Å². The fraction of sp³-hybridized carbons (Fsp3) is 0.625. The molecule has 1 unspecified atom stereocenters. The third-order valence-corrected chi connectivity index (χ3v) is 1.85.